The fourth-order valence-corrected chi connectivity index (χ4v) is 1.36. The van der Waals surface area contributed by atoms with E-state index < -0.39 is 0 Å². The van der Waals surface area contributed by atoms with Gasteiger partial charge in [-0.05, 0) is 13.3 Å². The van der Waals surface area contributed by atoms with Gasteiger partial charge in [-0.3, -0.25) is 9.48 Å². The van der Waals surface area contributed by atoms with E-state index in [4.69, 9.17) is 0 Å². The molecule has 2 N–H and O–H groups in total. The van der Waals surface area contributed by atoms with Crippen LogP contribution >= 0.6 is 0 Å². The van der Waals surface area contributed by atoms with Crippen LogP contribution in [0.25, 0.3) is 0 Å². The van der Waals surface area contributed by atoms with E-state index >= 15 is 0 Å². The van der Waals surface area contributed by atoms with Gasteiger partial charge in [-0.15, -0.1) is 0 Å². The van der Waals surface area contributed by atoms with E-state index in [1.807, 2.05) is 31.8 Å². The number of hydrogen-bond acceptors (Lipinski definition) is 3. The number of carbonyl (C=O) groups is 1. The van der Waals surface area contributed by atoms with Crippen molar-refractivity contribution in [2.24, 2.45) is 7.05 Å². The molecule has 1 heterocycles. The first-order chi connectivity index (χ1) is 7.65. The molecule has 0 fully saturated rings. The van der Waals surface area contributed by atoms with Crippen LogP contribution in [0.2, 0.25) is 0 Å². The van der Waals surface area contributed by atoms with E-state index in [1.165, 1.54) is 0 Å². The molecule has 1 rings (SSSR count). The van der Waals surface area contributed by atoms with Crippen LogP contribution in [-0.2, 0) is 18.4 Å². The number of hydrogen-bond donors (Lipinski definition) is 2. The first-order valence-corrected chi connectivity index (χ1v) is 5.60. The van der Waals surface area contributed by atoms with Crippen LogP contribution in [-0.4, -0.2) is 28.8 Å². The van der Waals surface area contributed by atoms with E-state index in [-0.39, 0.29) is 5.91 Å². The van der Waals surface area contributed by atoms with Gasteiger partial charge in [0.1, 0.15) is 0 Å². The summed E-state index contributed by atoms with van der Waals surface area (Å²) in [5.41, 5.74) is 2.26. The summed E-state index contributed by atoms with van der Waals surface area (Å²) in [6.07, 6.45) is 2.79. The van der Waals surface area contributed by atoms with Crippen molar-refractivity contribution >= 4 is 5.91 Å². The minimum atomic E-state index is 0.0448. The van der Waals surface area contributed by atoms with Gasteiger partial charge in [-0.1, -0.05) is 6.92 Å². The van der Waals surface area contributed by atoms with Crippen molar-refractivity contribution < 1.29 is 4.79 Å². The third-order valence-corrected chi connectivity index (χ3v) is 2.51. The Bertz CT molecular complexity index is 346. The van der Waals surface area contributed by atoms with E-state index in [2.05, 4.69) is 15.7 Å². The summed E-state index contributed by atoms with van der Waals surface area (Å²) in [5, 5.41) is 10.1. The lowest BCUT2D eigenvalue weighted by Gasteiger charge is -2.05. The summed E-state index contributed by atoms with van der Waals surface area (Å²) in [7, 11) is 1.91. The Hall–Kier alpha value is -1.36. The Morgan fingerprint density at radius 3 is 2.88 bits per heavy atom. The van der Waals surface area contributed by atoms with Gasteiger partial charge in [-0.25, -0.2) is 0 Å². The monoisotopic (exact) mass is 224 g/mol. The standard InChI is InChI=1S/C11H20N4O/c1-4-5-13-11(16)8-12-6-10-7-14-15(3)9(10)2/h7,12H,4-6,8H2,1-3H3,(H,13,16). The molecule has 0 aromatic carbocycles. The number of nitrogens with one attached hydrogen (secondary N) is 2. The highest BCUT2D eigenvalue weighted by atomic mass is 16.1. The lowest BCUT2D eigenvalue weighted by Crippen LogP contribution is -2.34. The number of aromatic nitrogens is 2. The summed E-state index contributed by atoms with van der Waals surface area (Å²) in [6, 6.07) is 0. The fourth-order valence-electron chi connectivity index (χ4n) is 1.36. The smallest absolute Gasteiger partial charge is 0.233 e. The van der Waals surface area contributed by atoms with Gasteiger partial charge < -0.3 is 10.6 Å². The average Bonchev–Trinajstić information content (AvgIpc) is 2.58. The largest absolute Gasteiger partial charge is 0.355 e. The van der Waals surface area contributed by atoms with Crippen LogP contribution in [0.3, 0.4) is 0 Å². The molecule has 1 aromatic heterocycles. The van der Waals surface area contributed by atoms with Gasteiger partial charge in [0, 0.05) is 31.4 Å². The lowest BCUT2D eigenvalue weighted by molar-refractivity contribution is -0.120. The Kier molecular flexibility index (Phi) is 4.98. The molecule has 0 atom stereocenters. The second kappa shape index (κ2) is 6.27. The maximum absolute atomic E-state index is 11.3. The van der Waals surface area contributed by atoms with Crippen molar-refractivity contribution in [3.05, 3.63) is 17.5 Å². The highest BCUT2D eigenvalue weighted by molar-refractivity contribution is 5.77. The Balaban J connectivity index is 2.25. The average molecular weight is 224 g/mol. The quantitative estimate of drug-likeness (QED) is 0.733. The number of aryl methyl sites for hydroxylation is 1. The van der Waals surface area contributed by atoms with E-state index in [9.17, 15) is 4.79 Å². The highest BCUT2D eigenvalue weighted by Gasteiger charge is 2.04. The van der Waals surface area contributed by atoms with Crippen molar-refractivity contribution in [3.63, 3.8) is 0 Å². The van der Waals surface area contributed by atoms with Crippen molar-refractivity contribution in [3.8, 4) is 0 Å². The number of rotatable bonds is 6. The zero-order valence-corrected chi connectivity index (χ0v) is 10.2. The Labute approximate surface area is 96.2 Å². The number of carbonyl (C=O) groups excluding carboxylic acids is 1. The second-order valence-corrected chi connectivity index (χ2v) is 3.83. The molecule has 0 spiro atoms. The maximum Gasteiger partial charge on any atom is 0.233 e. The molecule has 0 radical (unpaired) electrons. The minimum absolute atomic E-state index is 0.0448. The molecular weight excluding hydrogens is 204 g/mol. The van der Waals surface area contributed by atoms with Gasteiger partial charge in [0.05, 0.1) is 12.7 Å². The van der Waals surface area contributed by atoms with E-state index in [1.54, 1.807) is 0 Å². The van der Waals surface area contributed by atoms with Gasteiger partial charge in [-0.2, -0.15) is 5.10 Å². The maximum atomic E-state index is 11.3. The molecule has 0 bridgehead atoms. The van der Waals surface area contributed by atoms with Crippen molar-refractivity contribution in [1.29, 1.82) is 0 Å². The van der Waals surface area contributed by atoms with Gasteiger partial charge in [0.2, 0.25) is 5.91 Å². The van der Waals surface area contributed by atoms with Crippen molar-refractivity contribution in [2.75, 3.05) is 13.1 Å². The minimum Gasteiger partial charge on any atom is -0.355 e. The second-order valence-electron chi connectivity index (χ2n) is 3.83. The number of amides is 1. The normalized spacial score (nSPS) is 10.4. The first kappa shape index (κ1) is 12.7. The van der Waals surface area contributed by atoms with Crippen molar-refractivity contribution in [1.82, 2.24) is 20.4 Å². The molecule has 0 saturated carbocycles. The van der Waals surface area contributed by atoms with Crippen LogP contribution in [0.5, 0.6) is 0 Å². The molecule has 0 unspecified atom stereocenters. The first-order valence-electron chi connectivity index (χ1n) is 5.60. The van der Waals surface area contributed by atoms with E-state index in [0.29, 0.717) is 13.1 Å². The van der Waals surface area contributed by atoms with Crippen LogP contribution in [0.4, 0.5) is 0 Å². The molecule has 16 heavy (non-hydrogen) atoms. The highest BCUT2D eigenvalue weighted by Crippen LogP contribution is 2.04. The van der Waals surface area contributed by atoms with Crippen LogP contribution in [0, 0.1) is 6.92 Å². The molecule has 1 amide bonds. The molecule has 0 aliphatic carbocycles. The summed E-state index contributed by atoms with van der Waals surface area (Å²) in [4.78, 5) is 11.3. The van der Waals surface area contributed by atoms with Gasteiger partial charge in [0.25, 0.3) is 0 Å². The topological polar surface area (TPSA) is 59.0 Å². The molecule has 0 aliphatic rings. The summed E-state index contributed by atoms with van der Waals surface area (Å²) < 4.78 is 1.83. The van der Waals surface area contributed by atoms with Crippen LogP contribution in [0.1, 0.15) is 24.6 Å². The fraction of sp³-hybridized carbons (Fsp3) is 0.636. The summed E-state index contributed by atoms with van der Waals surface area (Å²) >= 11 is 0. The lowest BCUT2D eigenvalue weighted by atomic mass is 10.2. The third-order valence-electron chi connectivity index (χ3n) is 2.51. The van der Waals surface area contributed by atoms with E-state index in [0.717, 1.165) is 24.2 Å². The Morgan fingerprint density at radius 1 is 1.56 bits per heavy atom. The van der Waals surface area contributed by atoms with Crippen molar-refractivity contribution in [2.45, 2.75) is 26.8 Å². The molecule has 5 nitrogen and oxygen atoms in total. The molecule has 90 valence electrons. The zero-order chi connectivity index (χ0) is 12.0. The molecule has 0 aliphatic heterocycles. The van der Waals surface area contributed by atoms with Crippen LogP contribution in [0.15, 0.2) is 6.20 Å². The molecule has 1 aromatic rings. The molecule has 5 heteroatoms. The Morgan fingerprint density at radius 2 is 2.31 bits per heavy atom. The molecular formula is C11H20N4O. The van der Waals surface area contributed by atoms with Gasteiger partial charge in [0.15, 0.2) is 0 Å². The SMILES string of the molecule is CCCNC(=O)CNCc1cnn(C)c1C. The van der Waals surface area contributed by atoms with Gasteiger partial charge >= 0.3 is 0 Å². The summed E-state index contributed by atoms with van der Waals surface area (Å²) in [5.74, 6) is 0.0448. The number of nitrogens with zero attached hydrogens (tertiary/aromatic N) is 2. The predicted molar refractivity (Wildman–Crippen MR) is 63.0 cm³/mol. The van der Waals surface area contributed by atoms with Crippen LogP contribution < -0.4 is 10.6 Å². The third kappa shape index (κ3) is 3.66. The summed E-state index contributed by atoms with van der Waals surface area (Å²) in [6.45, 7) is 5.83. The zero-order valence-electron chi connectivity index (χ0n) is 10.2. The molecule has 0 saturated heterocycles. The predicted octanol–water partition coefficient (Wildman–Crippen LogP) is 0.344.